The van der Waals surface area contributed by atoms with Gasteiger partial charge in [0.1, 0.15) is 11.9 Å². The summed E-state index contributed by atoms with van der Waals surface area (Å²) < 4.78 is 16.3. The summed E-state index contributed by atoms with van der Waals surface area (Å²) in [6.45, 7) is 4.99. The predicted molar refractivity (Wildman–Crippen MR) is 126 cm³/mol. The first-order valence-electron chi connectivity index (χ1n) is 12.4. The topological polar surface area (TPSA) is 82.1 Å². The maximum atomic E-state index is 11.6. The Balaban J connectivity index is 2.46. The monoisotopic (exact) mass is 452 g/mol. The van der Waals surface area contributed by atoms with Gasteiger partial charge in [0, 0.05) is 20.3 Å². The van der Waals surface area contributed by atoms with E-state index < -0.39 is 18.2 Å². The van der Waals surface area contributed by atoms with Gasteiger partial charge in [-0.1, -0.05) is 71.1 Å². The lowest BCUT2D eigenvalue weighted by atomic mass is 9.92. The Labute approximate surface area is 194 Å². The van der Waals surface area contributed by atoms with Crippen molar-refractivity contribution in [3.8, 4) is 0 Å². The van der Waals surface area contributed by atoms with E-state index in [0.29, 0.717) is 17.8 Å². The van der Waals surface area contributed by atoms with Gasteiger partial charge in [-0.25, -0.2) is 0 Å². The molecule has 0 aromatic carbocycles. The third-order valence-electron chi connectivity index (χ3n) is 5.76. The number of aliphatic hydroxyl groups excluding tert-OH is 1. The molecule has 32 heavy (non-hydrogen) atoms. The quantitative estimate of drug-likeness (QED) is 0.171. The number of ether oxygens (including phenoxy) is 3. The molecule has 0 spiro atoms. The first-order valence-corrected chi connectivity index (χ1v) is 12.4. The van der Waals surface area contributed by atoms with Gasteiger partial charge in [0.05, 0.1) is 13.2 Å². The largest absolute Gasteiger partial charge is 0.497 e. The average molecular weight is 453 g/mol. The van der Waals surface area contributed by atoms with Crippen LogP contribution in [0.15, 0.2) is 23.5 Å². The van der Waals surface area contributed by atoms with Crippen molar-refractivity contribution in [3.05, 3.63) is 23.5 Å². The Bertz CT molecular complexity index is 609. The Morgan fingerprint density at radius 3 is 1.97 bits per heavy atom. The normalized spacial score (nSPS) is 19.0. The maximum absolute atomic E-state index is 11.6. The van der Waals surface area contributed by atoms with Gasteiger partial charge in [0.15, 0.2) is 6.10 Å². The Morgan fingerprint density at radius 2 is 1.47 bits per heavy atom. The summed E-state index contributed by atoms with van der Waals surface area (Å²) >= 11 is 0. The number of esters is 2. The van der Waals surface area contributed by atoms with Crippen molar-refractivity contribution in [1.82, 2.24) is 0 Å². The first kappa shape index (κ1) is 28.2. The van der Waals surface area contributed by atoms with Crippen molar-refractivity contribution in [3.63, 3.8) is 0 Å². The summed E-state index contributed by atoms with van der Waals surface area (Å²) in [4.78, 5) is 23.2. The summed E-state index contributed by atoms with van der Waals surface area (Å²) in [7, 11) is 1.48. The van der Waals surface area contributed by atoms with Gasteiger partial charge in [-0.3, -0.25) is 9.59 Å². The molecule has 6 heteroatoms. The van der Waals surface area contributed by atoms with Crippen LogP contribution in [0.2, 0.25) is 0 Å². The Kier molecular flexibility index (Phi) is 14.8. The van der Waals surface area contributed by atoms with E-state index in [9.17, 15) is 14.7 Å². The fourth-order valence-electron chi connectivity index (χ4n) is 4.18. The van der Waals surface area contributed by atoms with E-state index in [-0.39, 0.29) is 12.1 Å². The average Bonchev–Trinajstić information content (AvgIpc) is 2.72. The third kappa shape index (κ3) is 12.3. The van der Waals surface area contributed by atoms with Crippen LogP contribution in [0.5, 0.6) is 0 Å². The van der Waals surface area contributed by atoms with E-state index in [1.807, 2.05) is 0 Å². The second kappa shape index (κ2) is 16.8. The molecule has 0 saturated carbocycles. The molecular formula is C26H44O6. The highest BCUT2D eigenvalue weighted by atomic mass is 16.6. The van der Waals surface area contributed by atoms with Gasteiger partial charge in [-0.05, 0) is 30.6 Å². The number of unbranched alkanes of at least 4 members (excludes halogenated alkanes) is 10. The maximum Gasteiger partial charge on any atom is 0.303 e. The molecule has 0 fully saturated rings. The summed E-state index contributed by atoms with van der Waals surface area (Å²) in [6.07, 6.45) is 16.3. The second-order valence-electron chi connectivity index (χ2n) is 8.75. The van der Waals surface area contributed by atoms with Crippen molar-refractivity contribution in [2.45, 2.75) is 123 Å². The zero-order valence-electron chi connectivity index (χ0n) is 20.6. The fourth-order valence-corrected chi connectivity index (χ4v) is 4.18. The van der Waals surface area contributed by atoms with Crippen LogP contribution in [0, 0.1) is 0 Å². The van der Waals surface area contributed by atoms with E-state index in [0.717, 1.165) is 19.3 Å². The zero-order valence-corrected chi connectivity index (χ0v) is 20.6. The lowest BCUT2D eigenvalue weighted by Gasteiger charge is -2.29. The van der Waals surface area contributed by atoms with Crippen LogP contribution in [-0.4, -0.2) is 42.5 Å². The molecule has 1 aliphatic carbocycles. The number of aliphatic hydroxyl groups is 1. The molecule has 3 unspecified atom stereocenters. The Hall–Kier alpha value is -1.82. The van der Waals surface area contributed by atoms with Crippen LogP contribution < -0.4 is 0 Å². The SMILES string of the molecule is CCCCCCCCCCCCCC(CC1=CC(O)C=C(OC)C1OC(C)=O)OC(C)=O. The molecule has 0 bridgehead atoms. The first-order chi connectivity index (χ1) is 15.4. The van der Waals surface area contributed by atoms with Crippen LogP contribution in [0.4, 0.5) is 0 Å². The number of carbonyl (C=O) groups excluding carboxylic acids is 2. The van der Waals surface area contributed by atoms with Crippen molar-refractivity contribution in [2.75, 3.05) is 7.11 Å². The molecule has 1 aliphatic rings. The van der Waals surface area contributed by atoms with Crippen LogP contribution >= 0.6 is 0 Å². The highest BCUT2D eigenvalue weighted by molar-refractivity contribution is 5.67. The van der Waals surface area contributed by atoms with Crippen molar-refractivity contribution >= 4 is 11.9 Å². The van der Waals surface area contributed by atoms with E-state index in [1.165, 1.54) is 84.8 Å². The van der Waals surface area contributed by atoms with Gasteiger partial charge in [0.2, 0.25) is 0 Å². The van der Waals surface area contributed by atoms with Crippen LogP contribution in [0.25, 0.3) is 0 Å². The molecule has 0 aromatic heterocycles. The van der Waals surface area contributed by atoms with Crippen LogP contribution in [0.1, 0.15) is 104 Å². The van der Waals surface area contributed by atoms with E-state index in [2.05, 4.69) is 6.92 Å². The molecule has 6 nitrogen and oxygen atoms in total. The molecular weight excluding hydrogens is 408 g/mol. The molecule has 0 radical (unpaired) electrons. The fraction of sp³-hybridized carbons (Fsp3) is 0.769. The molecule has 1 N–H and O–H groups in total. The predicted octanol–water partition coefficient (Wildman–Crippen LogP) is 5.77. The molecule has 0 aromatic rings. The number of hydrogen-bond acceptors (Lipinski definition) is 6. The zero-order chi connectivity index (χ0) is 23.8. The van der Waals surface area contributed by atoms with Crippen molar-refractivity contribution in [1.29, 1.82) is 0 Å². The summed E-state index contributed by atoms with van der Waals surface area (Å²) in [6, 6.07) is 0. The smallest absolute Gasteiger partial charge is 0.303 e. The lowest BCUT2D eigenvalue weighted by molar-refractivity contribution is -0.148. The summed E-state index contributed by atoms with van der Waals surface area (Å²) in [5, 5.41) is 10.1. The highest BCUT2D eigenvalue weighted by Gasteiger charge is 2.30. The van der Waals surface area contributed by atoms with Gasteiger partial charge >= 0.3 is 11.9 Å². The van der Waals surface area contributed by atoms with Crippen LogP contribution in [0.3, 0.4) is 0 Å². The molecule has 0 aliphatic heterocycles. The molecule has 184 valence electrons. The van der Waals surface area contributed by atoms with Gasteiger partial charge < -0.3 is 19.3 Å². The number of hydrogen-bond donors (Lipinski definition) is 1. The minimum absolute atomic E-state index is 0.321. The molecule has 0 heterocycles. The summed E-state index contributed by atoms with van der Waals surface area (Å²) in [5.41, 5.74) is 0.696. The van der Waals surface area contributed by atoms with Crippen molar-refractivity contribution < 1.29 is 28.9 Å². The molecule has 3 atom stereocenters. The lowest BCUT2D eigenvalue weighted by Crippen LogP contribution is -2.30. The van der Waals surface area contributed by atoms with Crippen LogP contribution in [-0.2, 0) is 23.8 Å². The highest BCUT2D eigenvalue weighted by Crippen LogP contribution is 2.29. The van der Waals surface area contributed by atoms with Gasteiger partial charge in [0.25, 0.3) is 0 Å². The number of methoxy groups -OCH3 is 1. The number of rotatable bonds is 17. The standard InChI is InChI=1S/C26H44O6/c1-5-6-7-8-9-10-11-12-13-14-15-16-24(31-20(2)27)18-22-17-23(29)19-25(30-4)26(22)32-21(3)28/h17,19,23-24,26,29H,5-16,18H2,1-4H3. The van der Waals surface area contributed by atoms with Gasteiger partial charge in [-0.15, -0.1) is 0 Å². The number of carbonyl (C=O) groups is 2. The molecule has 1 rings (SSSR count). The van der Waals surface area contributed by atoms with E-state index in [4.69, 9.17) is 14.2 Å². The minimum atomic E-state index is -0.827. The molecule has 0 amide bonds. The second-order valence-corrected chi connectivity index (χ2v) is 8.75. The van der Waals surface area contributed by atoms with Gasteiger partial charge in [-0.2, -0.15) is 0 Å². The third-order valence-corrected chi connectivity index (χ3v) is 5.76. The van der Waals surface area contributed by atoms with E-state index in [1.54, 1.807) is 6.08 Å². The molecule has 0 saturated heterocycles. The minimum Gasteiger partial charge on any atom is -0.497 e. The Morgan fingerprint density at radius 1 is 0.906 bits per heavy atom. The summed E-state index contributed by atoms with van der Waals surface area (Å²) in [5.74, 6) is -0.377. The van der Waals surface area contributed by atoms with E-state index >= 15 is 0 Å². The van der Waals surface area contributed by atoms with Crippen molar-refractivity contribution in [2.24, 2.45) is 0 Å².